The summed E-state index contributed by atoms with van der Waals surface area (Å²) < 4.78 is 5.69. The minimum Gasteiger partial charge on any atom is -0.403 e. The van der Waals surface area contributed by atoms with E-state index in [-0.39, 0.29) is 5.63 Å². The van der Waals surface area contributed by atoms with Gasteiger partial charge in [0.15, 0.2) is 0 Å². The van der Waals surface area contributed by atoms with Crippen molar-refractivity contribution in [2.75, 3.05) is 31.6 Å². The fourth-order valence-electron chi connectivity index (χ4n) is 4.40. The van der Waals surface area contributed by atoms with Gasteiger partial charge in [-0.1, -0.05) is 25.5 Å². The molecule has 2 aromatic rings. The van der Waals surface area contributed by atoms with Gasteiger partial charge in [0.05, 0.1) is 11.6 Å². The highest BCUT2D eigenvalue weighted by Crippen LogP contribution is 2.24. The van der Waals surface area contributed by atoms with Crippen LogP contribution < -0.4 is 10.5 Å². The Morgan fingerprint density at radius 3 is 2.88 bits per heavy atom. The van der Waals surface area contributed by atoms with Crippen LogP contribution in [-0.2, 0) is 0 Å². The maximum Gasteiger partial charge on any atom is 0.345 e. The third kappa shape index (κ3) is 4.65. The van der Waals surface area contributed by atoms with E-state index in [1.807, 2.05) is 25.1 Å². The summed E-state index contributed by atoms with van der Waals surface area (Å²) in [6, 6.07) is 6.71. The van der Waals surface area contributed by atoms with Crippen LogP contribution in [0.3, 0.4) is 0 Å². The van der Waals surface area contributed by atoms with E-state index in [2.05, 4.69) is 72.1 Å². The highest BCUT2D eigenvalue weighted by molar-refractivity contribution is 5.79. The summed E-state index contributed by atoms with van der Waals surface area (Å²) in [4.78, 5) is 24.3. The predicted octanol–water partition coefficient (Wildman–Crippen LogP) is 4.63. The van der Waals surface area contributed by atoms with Gasteiger partial charge < -0.3 is 19.1 Å². The molecule has 0 aromatic carbocycles. The Morgan fingerprint density at radius 1 is 1.31 bits per heavy atom. The number of pyridine rings is 1. The van der Waals surface area contributed by atoms with Crippen molar-refractivity contribution in [3.63, 3.8) is 0 Å². The Hall–Kier alpha value is -2.86. The zero-order valence-corrected chi connectivity index (χ0v) is 19.8. The van der Waals surface area contributed by atoms with Gasteiger partial charge in [-0.3, -0.25) is 0 Å². The number of piperazine rings is 1. The van der Waals surface area contributed by atoms with Crippen molar-refractivity contribution in [3.8, 4) is 0 Å². The molecule has 0 saturated carbocycles. The van der Waals surface area contributed by atoms with E-state index < -0.39 is 0 Å². The van der Waals surface area contributed by atoms with Gasteiger partial charge in [-0.2, -0.15) is 4.98 Å². The lowest BCUT2D eigenvalue weighted by molar-refractivity contribution is 0.233. The second-order valence-electron chi connectivity index (χ2n) is 9.13. The van der Waals surface area contributed by atoms with Crippen LogP contribution in [0.1, 0.15) is 46.1 Å². The molecule has 6 heteroatoms. The first-order valence-corrected chi connectivity index (χ1v) is 11.6. The van der Waals surface area contributed by atoms with Crippen molar-refractivity contribution in [3.05, 3.63) is 64.3 Å². The van der Waals surface area contributed by atoms with E-state index >= 15 is 0 Å². The summed E-state index contributed by atoms with van der Waals surface area (Å²) >= 11 is 0. The monoisotopic (exact) mass is 434 g/mol. The fraction of sp³-hybridized carbons (Fsp3) is 0.462. The molecular weight excluding hydrogens is 400 g/mol. The van der Waals surface area contributed by atoms with E-state index in [0.717, 1.165) is 49.3 Å². The number of aromatic nitrogens is 1. The molecule has 0 radical (unpaired) electrons. The maximum absolute atomic E-state index is 12.9. The molecule has 1 unspecified atom stereocenters. The molecule has 32 heavy (non-hydrogen) atoms. The Labute approximate surface area is 190 Å². The molecule has 1 fully saturated rings. The van der Waals surface area contributed by atoms with E-state index in [1.54, 1.807) is 0 Å². The Bertz CT molecular complexity index is 1130. The Morgan fingerprint density at radius 2 is 2.12 bits per heavy atom. The van der Waals surface area contributed by atoms with Crippen LogP contribution in [0.2, 0.25) is 0 Å². The molecule has 2 aliphatic heterocycles. The van der Waals surface area contributed by atoms with E-state index in [9.17, 15) is 4.79 Å². The average molecular weight is 435 g/mol. The molecule has 0 amide bonds. The number of hydrogen-bond donors (Lipinski definition) is 0. The molecule has 2 aliphatic rings. The second-order valence-corrected chi connectivity index (χ2v) is 9.13. The zero-order chi connectivity index (χ0) is 22.8. The molecular formula is C26H34N4O2. The van der Waals surface area contributed by atoms with Gasteiger partial charge in [-0.15, -0.1) is 0 Å². The largest absolute Gasteiger partial charge is 0.403 e. The number of likely N-dealkylation sites (N-methyl/N-ethyl adjacent to an activating group) is 1. The normalized spacial score (nSPS) is 22.5. The number of anilines is 1. The molecule has 0 bridgehead atoms. The van der Waals surface area contributed by atoms with Crippen LogP contribution in [0, 0.1) is 0 Å². The quantitative estimate of drug-likeness (QED) is 0.684. The van der Waals surface area contributed by atoms with Crippen molar-refractivity contribution in [2.24, 2.45) is 0 Å². The molecule has 0 spiro atoms. The lowest BCUT2D eigenvalue weighted by atomic mass is 10.0. The fourth-order valence-corrected chi connectivity index (χ4v) is 4.40. The van der Waals surface area contributed by atoms with Gasteiger partial charge in [-0.25, -0.2) is 4.79 Å². The van der Waals surface area contributed by atoms with Crippen molar-refractivity contribution < 1.29 is 4.42 Å². The number of nitrogens with zero attached hydrogens (tertiary/aromatic N) is 4. The number of allylic oxidation sites excluding steroid dienone is 3. The van der Waals surface area contributed by atoms with Crippen LogP contribution in [0.25, 0.3) is 16.7 Å². The number of rotatable bonds is 5. The highest BCUT2D eigenvalue weighted by Gasteiger charge is 2.22. The summed E-state index contributed by atoms with van der Waals surface area (Å²) in [6.07, 6.45) is 10.7. The first-order chi connectivity index (χ1) is 15.4. The third-order valence-electron chi connectivity index (χ3n) is 6.54. The number of fused-ring (bicyclic) bond motifs is 1. The first-order valence-electron chi connectivity index (χ1n) is 11.6. The van der Waals surface area contributed by atoms with Crippen molar-refractivity contribution in [2.45, 2.75) is 52.6 Å². The lowest BCUT2D eigenvalue weighted by Crippen LogP contribution is -2.50. The molecule has 4 heterocycles. The van der Waals surface area contributed by atoms with Crippen LogP contribution in [-0.4, -0.2) is 53.5 Å². The maximum atomic E-state index is 12.9. The van der Waals surface area contributed by atoms with Crippen LogP contribution >= 0.6 is 0 Å². The van der Waals surface area contributed by atoms with Crippen molar-refractivity contribution in [1.82, 2.24) is 14.8 Å². The topological polar surface area (TPSA) is 52.8 Å². The minimum atomic E-state index is -0.344. The predicted molar refractivity (Wildman–Crippen MR) is 132 cm³/mol. The molecule has 0 aliphatic carbocycles. The number of hydrogen-bond acceptors (Lipinski definition) is 6. The van der Waals surface area contributed by atoms with Gasteiger partial charge in [-0.05, 0) is 63.6 Å². The summed E-state index contributed by atoms with van der Waals surface area (Å²) in [6.45, 7) is 11.3. The lowest BCUT2D eigenvalue weighted by Gasteiger charge is -2.38. The molecule has 4 rings (SSSR count). The Balaban J connectivity index is 1.62. The van der Waals surface area contributed by atoms with Gasteiger partial charge in [0.25, 0.3) is 0 Å². The van der Waals surface area contributed by atoms with Gasteiger partial charge >= 0.3 is 5.63 Å². The summed E-state index contributed by atoms with van der Waals surface area (Å²) in [5.74, 6) is 0.865. The average Bonchev–Trinajstić information content (AvgIpc) is 2.76. The third-order valence-corrected chi connectivity index (χ3v) is 6.54. The molecule has 1 saturated heterocycles. The van der Waals surface area contributed by atoms with Crippen LogP contribution in [0.4, 0.5) is 5.82 Å². The van der Waals surface area contributed by atoms with Gasteiger partial charge in [0.1, 0.15) is 5.82 Å². The summed E-state index contributed by atoms with van der Waals surface area (Å²) in [5, 5.41) is 0.841. The van der Waals surface area contributed by atoms with Crippen molar-refractivity contribution >= 4 is 22.5 Å². The van der Waals surface area contributed by atoms with Crippen LogP contribution in [0.5, 0.6) is 0 Å². The first kappa shape index (κ1) is 22.3. The molecule has 2 aromatic heterocycles. The van der Waals surface area contributed by atoms with E-state index in [1.165, 1.54) is 5.57 Å². The zero-order valence-electron chi connectivity index (χ0n) is 19.8. The smallest absolute Gasteiger partial charge is 0.345 e. The standard InChI is InChI=1S/C26H34N4O2/c1-6-7-22-10-8-18(2)15-30(22)16-19(3)23-14-21-9-11-24(27-25(21)32-26(23)31)29-13-12-28(5)20(4)17-29/h8-11,14-16,20,22H,6-7,12-13,17H2,1-5H3/b19-16+/t20-,22?/m1/s1. The second kappa shape index (κ2) is 9.33. The van der Waals surface area contributed by atoms with E-state index in [4.69, 9.17) is 4.42 Å². The summed E-state index contributed by atoms with van der Waals surface area (Å²) in [7, 11) is 2.15. The highest BCUT2D eigenvalue weighted by atomic mass is 16.4. The van der Waals surface area contributed by atoms with Crippen LogP contribution in [0.15, 0.2) is 57.5 Å². The molecule has 170 valence electrons. The molecule has 6 nitrogen and oxygen atoms in total. The van der Waals surface area contributed by atoms with Gasteiger partial charge in [0.2, 0.25) is 5.71 Å². The SMILES string of the molecule is CCCC1C=CC(C)=CN1/C=C(\C)c1cc2ccc(N3CCN(C)[C@H](C)C3)nc2oc1=O. The molecule has 2 atom stereocenters. The molecule has 0 N–H and O–H groups in total. The minimum absolute atomic E-state index is 0.307. The summed E-state index contributed by atoms with van der Waals surface area (Å²) in [5.41, 5.74) is 2.72. The Kier molecular flexibility index (Phi) is 6.51. The van der Waals surface area contributed by atoms with Crippen molar-refractivity contribution in [1.29, 1.82) is 0 Å². The van der Waals surface area contributed by atoms with Gasteiger partial charge in [0, 0.05) is 43.5 Å². The van der Waals surface area contributed by atoms with E-state index in [0.29, 0.717) is 23.4 Å².